The molecule has 0 aliphatic carbocycles. The van der Waals surface area contributed by atoms with E-state index in [4.69, 9.17) is 9.97 Å². The molecule has 1 fully saturated rings. The van der Waals surface area contributed by atoms with Gasteiger partial charge in [0.2, 0.25) is 0 Å². The van der Waals surface area contributed by atoms with Gasteiger partial charge in [0, 0.05) is 30.4 Å². The zero-order valence-corrected chi connectivity index (χ0v) is 17.6. The predicted molar refractivity (Wildman–Crippen MR) is 124 cm³/mol. The van der Waals surface area contributed by atoms with Crippen molar-refractivity contribution < 1.29 is 0 Å². The first-order valence-corrected chi connectivity index (χ1v) is 11.1. The number of pyridine rings is 1. The Morgan fingerprint density at radius 1 is 1.13 bits per heavy atom. The van der Waals surface area contributed by atoms with Gasteiger partial charge in [-0.1, -0.05) is 30.3 Å². The molecular formula is C23H24N6S. The largest absolute Gasteiger partial charge is 0.365 e. The van der Waals surface area contributed by atoms with E-state index in [9.17, 15) is 0 Å². The zero-order valence-electron chi connectivity index (χ0n) is 16.8. The molecular weight excluding hydrogens is 392 g/mol. The highest BCUT2D eigenvalue weighted by Gasteiger charge is 2.18. The highest BCUT2D eigenvalue weighted by Crippen LogP contribution is 2.30. The average Bonchev–Trinajstić information content (AvgIpc) is 3.46. The number of nitrogens with one attached hydrogen (secondary N) is 3. The van der Waals surface area contributed by atoms with Gasteiger partial charge in [-0.25, -0.2) is 15.0 Å². The van der Waals surface area contributed by atoms with Crippen LogP contribution >= 0.6 is 11.3 Å². The van der Waals surface area contributed by atoms with Crippen molar-refractivity contribution >= 4 is 33.2 Å². The summed E-state index contributed by atoms with van der Waals surface area (Å²) in [5.74, 6) is 2.45. The number of hydrogen-bond acceptors (Lipinski definition) is 7. The monoisotopic (exact) mass is 416 g/mol. The molecule has 0 saturated carbocycles. The van der Waals surface area contributed by atoms with Gasteiger partial charge < -0.3 is 16.0 Å². The number of fused-ring (bicyclic) bond motifs is 1. The first kappa shape index (κ1) is 19.0. The number of anilines is 2. The van der Waals surface area contributed by atoms with Gasteiger partial charge in [0.25, 0.3) is 0 Å². The molecule has 0 unspecified atom stereocenters. The van der Waals surface area contributed by atoms with Gasteiger partial charge in [-0.3, -0.25) is 0 Å². The minimum absolute atomic E-state index is 0.154. The maximum atomic E-state index is 4.89. The van der Waals surface area contributed by atoms with E-state index in [0.717, 1.165) is 46.9 Å². The number of rotatable bonds is 6. The first-order valence-electron chi connectivity index (χ1n) is 10.3. The molecule has 1 aromatic carbocycles. The minimum Gasteiger partial charge on any atom is -0.365 e. The van der Waals surface area contributed by atoms with Crippen LogP contribution in [-0.4, -0.2) is 34.1 Å². The van der Waals surface area contributed by atoms with Gasteiger partial charge in [-0.05, 0) is 49.0 Å². The molecule has 0 bridgehead atoms. The third-order valence-electron chi connectivity index (χ3n) is 5.39. The summed E-state index contributed by atoms with van der Waals surface area (Å²) in [5, 5.41) is 12.6. The maximum absolute atomic E-state index is 4.89. The van der Waals surface area contributed by atoms with Crippen LogP contribution in [0.5, 0.6) is 0 Å². The van der Waals surface area contributed by atoms with E-state index in [0.29, 0.717) is 11.9 Å². The lowest BCUT2D eigenvalue weighted by molar-refractivity contribution is 0.789. The van der Waals surface area contributed by atoms with Crippen LogP contribution in [0.3, 0.4) is 0 Å². The van der Waals surface area contributed by atoms with Crippen LogP contribution in [0.4, 0.5) is 11.6 Å². The summed E-state index contributed by atoms with van der Waals surface area (Å²) in [6.45, 7) is 4.14. The van der Waals surface area contributed by atoms with Crippen molar-refractivity contribution in [2.24, 2.45) is 0 Å². The van der Waals surface area contributed by atoms with Gasteiger partial charge in [0.1, 0.15) is 11.6 Å². The number of aromatic nitrogens is 3. The highest BCUT2D eigenvalue weighted by atomic mass is 32.1. The quantitative estimate of drug-likeness (QED) is 0.423. The second-order valence-corrected chi connectivity index (χ2v) is 8.49. The molecule has 7 heteroatoms. The smallest absolute Gasteiger partial charge is 0.162 e. The van der Waals surface area contributed by atoms with E-state index in [1.165, 1.54) is 5.56 Å². The average molecular weight is 417 g/mol. The fourth-order valence-corrected chi connectivity index (χ4v) is 4.54. The van der Waals surface area contributed by atoms with Crippen LogP contribution in [0, 0.1) is 0 Å². The number of benzene rings is 1. The molecule has 0 radical (unpaired) electrons. The molecule has 6 nitrogen and oxygen atoms in total. The highest BCUT2D eigenvalue weighted by molar-refractivity contribution is 7.17. The van der Waals surface area contributed by atoms with E-state index >= 15 is 0 Å². The van der Waals surface area contributed by atoms with Gasteiger partial charge in [-0.2, -0.15) is 0 Å². The van der Waals surface area contributed by atoms with Crippen LogP contribution in [0.25, 0.3) is 21.6 Å². The second-order valence-electron chi connectivity index (χ2n) is 7.57. The van der Waals surface area contributed by atoms with Gasteiger partial charge in [0.15, 0.2) is 5.82 Å². The van der Waals surface area contributed by atoms with Crippen LogP contribution in [0.2, 0.25) is 0 Å². The first-order chi connectivity index (χ1) is 14.8. The second kappa shape index (κ2) is 8.38. The van der Waals surface area contributed by atoms with Crippen molar-refractivity contribution in [3.05, 3.63) is 65.7 Å². The lowest BCUT2D eigenvalue weighted by atomic mass is 10.1. The molecule has 4 heterocycles. The van der Waals surface area contributed by atoms with Crippen molar-refractivity contribution in [3.63, 3.8) is 0 Å². The standard InChI is InChI=1S/C23H24N6S/c1-15(16-5-3-2-4-6-16)26-20-13-17(7-11-25-20)22-28-19-9-12-30-21(19)23(29-22)27-18-8-10-24-14-18/h2-7,9,11-13,15,18,24H,8,10,14H2,1H3,(H,25,26)(H,27,28,29)/t15-,18-/m1/s1. The third-order valence-corrected chi connectivity index (χ3v) is 6.30. The number of thiophene rings is 1. The van der Waals surface area contributed by atoms with Gasteiger partial charge in [-0.15, -0.1) is 11.3 Å². The molecule has 0 spiro atoms. The van der Waals surface area contributed by atoms with Crippen LogP contribution in [-0.2, 0) is 0 Å². The summed E-state index contributed by atoms with van der Waals surface area (Å²) in [5.41, 5.74) is 3.15. The van der Waals surface area contributed by atoms with Crippen molar-refractivity contribution in [1.82, 2.24) is 20.3 Å². The summed E-state index contributed by atoms with van der Waals surface area (Å²) >= 11 is 1.68. The summed E-state index contributed by atoms with van der Waals surface area (Å²) in [4.78, 5) is 14.2. The molecule has 3 aromatic heterocycles. The normalized spacial score (nSPS) is 17.2. The molecule has 1 saturated heterocycles. The van der Waals surface area contributed by atoms with E-state index in [2.05, 4.69) is 63.6 Å². The Hall–Kier alpha value is -3.03. The fraction of sp³-hybridized carbons (Fsp3) is 0.261. The van der Waals surface area contributed by atoms with Crippen LogP contribution in [0.1, 0.15) is 24.9 Å². The van der Waals surface area contributed by atoms with E-state index in [1.54, 1.807) is 11.3 Å². The molecule has 0 amide bonds. The van der Waals surface area contributed by atoms with E-state index in [-0.39, 0.29) is 6.04 Å². The molecule has 1 aliphatic rings. The summed E-state index contributed by atoms with van der Waals surface area (Å²) in [7, 11) is 0. The Morgan fingerprint density at radius 3 is 2.87 bits per heavy atom. The molecule has 4 aromatic rings. The number of hydrogen-bond donors (Lipinski definition) is 3. The minimum atomic E-state index is 0.154. The maximum Gasteiger partial charge on any atom is 0.162 e. The van der Waals surface area contributed by atoms with Gasteiger partial charge in [0.05, 0.1) is 10.2 Å². The lowest BCUT2D eigenvalue weighted by Gasteiger charge is -2.16. The fourth-order valence-electron chi connectivity index (χ4n) is 3.76. The number of nitrogens with zero attached hydrogens (tertiary/aromatic N) is 3. The molecule has 3 N–H and O–H groups in total. The molecule has 5 rings (SSSR count). The lowest BCUT2D eigenvalue weighted by Crippen LogP contribution is -2.22. The van der Waals surface area contributed by atoms with Crippen molar-refractivity contribution in [3.8, 4) is 11.4 Å². The van der Waals surface area contributed by atoms with Gasteiger partial charge >= 0.3 is 0 Å². The van der Waals surface area contributed by atoms with E-state index in [1.807, 2.05) is 24.4 Å². The van der Waals surface area contributed by atoms with Crippen LogP contribution in [0.15, 0.2) is 60.1 Å². The Labute approximate surface area is 179 Å². The Kier molecular flexibility index (Phi) is 5.29. The zero-order chi connectivity index (χ0) is 20.3. The van der Waals surface area contributed by atoms with Crippen molar-refractivity contribution in [2.75, 3.05) is 23.7 Å². The SMILES string of the molecule is C[C@@H](Nc1cc(-c2nc(N[C@@H]3CCNC3)c3sccc3n2)ccn1)c1ccccc1. The Morgan fingerprint density at radius 2 is 2.03 bits per heavy atom. The molecule has 30 heavy (non-hydrogen) atoms. The predicted octanol–water partition coefficient (Wildman–Crippen LogP) is 4.70. The van der Waals surface area contributed by atoms with E-state index < -0.39 is 0 Å². The summed E-state index contributed by atoms with van der Waals surface area (Å²) in [6, 6.07) is 17.0. The summed E-state index contributed by atoms with van der Waals surface area (Å²) in [6.07, 6.45) is 2.91. The molecule has 152 valence electrons. The van der Waals surface area contributed by atoms with Crippen molar-refractivity contribution in [2.45, 2.75) is 25.4 Å². The molecule has 1 aliphatic heterocycles. The van der Waals surface area contributed by atoms with Crippen molar-refractivity contribution in [1.29, 1.82) is 0 Å². The third kappa shape index (κ3) is 3.99. The summed E-state index contributed by atoms with van der Waals surface area (Å²) < 4.78 is 1.11. The Bertz CT molecular complexity index is 1140. The molecule has 2 atom stereocenters. The van der Waals surface area contributed by atoms with Crippen LogP contribution < -0.4 is 16.0 Å². The Balaban J connectivity index is 1.44. The topological polar surface area (TPSA) is 74.8 Å².